The van der Waals surface area contributed by atoms with E-state index in [-0.39, 0.29) is 0 Å². The smallest absolute Gasteiger partial charge is 0.153 e. The molecule has 0 bridgehead atoms. The molecule has 0 radical (unpaired) electrons. The zero-order chi connectivity index (χ0) is 10.1. The second-order valence-corrected chi connectivity index (χ2v) is 3.01. The summed E-state index contributed by atoms with van der Waals surface area (Å²) in [7, 11) is 0. The second kappa shape index (κ2) is 3.21. The predicted molar refractivity (Wildman–Crippen MR) is 54.7 cm³/mol. The van der Waals surface area contributed by atoms with Gasteiger partial charge in [0.15, 0.2) is 5.82 Å². The van der Waals surface area contributed by atoms with Crippen LogP contribution in [0.3, 0.4) is 0 Å². The number of nitrogens with two attached hydrogens (primary N) is 1. The number of rotatable bonds is 3. The summed E-state index contributed by atoms with van der Waals surface area (Å²) in [5.41, 5.74) is 6.51. The molecule has 0 fully saturated rings. The average molecular weight is 194 g/mol. The molecule has 0 unspecified atom stereocenters. The number of nitrogens with zero attached hydrogens (tertiary/aromatic N) is 5. The molecule has 2 aromatic rings. The van der Waals surface area contributed by atoms with Crippen LogP contribution in [0.15, 0.2) is 12.5 Å². The van der Waals surface area contributed by atoms with E-state index >= 15 is 0 Å². The van der Waals surface area contributed by atoms with Crippen LogP contribution in [0.1, 0.15) is 13.8 Å². The lowest BCUT2D eigenvalue weighted by Crippen LogP contribution is -2.37. The van der Waals surface area contributed by atoms with Crippen LogP contribution in [0.2, 0.25) is 0 Å². The second-order valence-electron chi connectivity index (χ2n) is 3.01. The average Bonchev–Trinajstić information content (AvgIpc) is 2.74. The summed E-state index contributed by atoms with van der Waals surface area (Å²) in [5.74, 6) is 0.517. The van der Waals surface area contributed by atoms with Crippen LogP contribution in [0, 0.1) is 0 Å². The summed E-state index contributed by atoms with van der Waals surface area (Å²) >= 11 is 0. The fourth-order valence-electron chi connectivity index (χ4n) is 1.48. The first-order valence-electron chi connectivity index (χ1n) is 4.70. The molecule has 2 N–H and O–H groups in total. The minimum Gasteiger partial charge on any atom is -0.382 e. The maximum absolute atomic E-state index is 5.67. The van der Waals surface area contributed by atoms with Crippen LogP contribution >= 0.6 is 0 Å². The van der Waals surface area contributed by atoms with E-state index in [0.29, 0.717) is 5.82 Å². The lowest BCUT2D eigenvalue weighted by atomic mass is 10.6. The first kappa shape index (κ1) is 8.86. The van der Waals surface area contributed by atoms with Gasteiger partial charge < -0.3 is 5.73 Å². The van der Waals surface area contributed by atoms with Crippen molar-refractivity contribution >= 4 is 11.3 Å². The third kappa shape index (κ3) is 1.11. The number of imidazole rings is 1. The van der Waals surface area contributed by atoms with E-state index in [4.69, 9.17) is 5.73 Å². The molecule has 0 spiro atoms. The van der Waals surface area contributed by atoms with Crippen molar-refractivity contribution in [2.75, 3.05) is 23.8 Å². The van der Waals surface area contributed by atoms with Crippen molar-refractivity contribution in [1.29, 1.82) is 0 Å². The Morgan fingerprint density at radius 2 is 2.14 bits per heavy atom. The van der Waals surface area contributed by atoms with Crippen molar-refractivity contribution in [3.05, 3.63) is 12.5 Å². The van der Waals surface area contributed by atoms with Crippen LogP contribution < -0.4 is 10.7 Å². The minimum absolute atomic E-state index is 0.517. The van der Waals surface area contributed by atoms with Gasteiger partial charge in [0.1, 0.15) is 11.8 Å². The molecular weight excluding hydrogens is 180 g/mol. The molecule has 0 aliphatic rings. The summed E-state index contributed by atoms with van der Waals surface area (Å²) < 4.78 is 1.84. The number of hydrogen-bond donors (Lipinski definition) is 1. The number of aromatic nitrogens is 4. The van der Waals surface area contributed by atoms with Crippen molar-refractivity contribution in [1.82, 2.24) is 19.5 Å². The lowest BCUT2D eigenvalue weighted by Gasteiger charge is -2.20. The van der Waals surface area contributed by atoms with Crippen LogP contribution in [0.4, 0.5) is 5.82 Å². The number of hydrogen-bond acceptors (Lipinski definition) is 4. The van der Waals surface area contributed by atoms with Crippen LogP contribution in [0.5, 0.6) is 0 Å². The Hall–Kier alpha value is -1.72. The predicted octanol–water partition coefficient (Wildman–Crippen LogP) is 0.0908. The fraction of sp³-hybridized carbons (Fsp3) is 0.500. The van der Waals surface area contributed by atoms with Crippen molar-refractivity contribution in [3.8, 4) is 0 Å². The van der Waals surface area contributed by atoms with Crippen LogP contribution in [-0.2, 0) is 0 Å². The Balaban J connectivity index is 2.51. The normalized spacial score (nSPS) is 11.0. The molecule has 0 aliphatic heterocycles. The zero-order valence-corrected chi connectivity index (χ0v) is 8.38. The van der Waals surface area contributed by atoms with E-state index in [1.807, 2.05) is 4.52 Å². The van der Waals surface area contributed by atoms with Gasteiger partial charge in [-0.3, -0.25) is 5.01 Å². The number of anilines is 1. The van der Waals surface area contributed by atoms with E-state index in [2.05, 4.69) is 28.9 Å². The van der Waals surface area contributed by atoms with Gasteiger partial charge in [0, 0.05) is 13.1 Å². The first-order valence-corrected chi connectivity index (χ1v) is 4.70. The Kier molecular flexibility index (Phi) is 2.03. The standard InChI is InChI=1S/C8H14N6/c1-3-12(4-2)14-11-5-7-8(9)10-6-13(7)14/h5-6H,3-4,9H2,1-2H3. The monoisotopic (exact) mass is 194 g/mol. The molecule has 0 aromatic carbocycles. The van der Waals surface area contributed by atoms with Crippen molar-refractivity contribution in [2.45, 2.75) is 13.8 Å². The van der Waals surface area contributed by atoms with Gasteiger partial charge in [-0.1, -0.05) is 0 Å². The molecule has 0 amide bonds. The zero-order valence-electron chi connectivity index (χ0n) is 8.38. The third-order valence-electron chi connectivity index (χ3n) is 2.27. The topological polar surface area (TPSA) is 64.4 Å². The fourth-order valence-corrected chi connectivity index (χ4v) is 1.48. The van der Waals surface area contributed by atoms with E-state index < -0.39 is 0 Å². The molecule has 2 heterocycles. The SMILES string of the molecule is CCN(CC)n1ncc2c(N)ncn21. The summed E-state index contributed by atoms with van der Waals surface area (Å²) in [5, 5.41) is 6.32. The van der Waals surface area contributed by atoms with Gasteiger partial charge in [0.05, 0.1) is 6.20 Å². The molecule has 2 aromatic heterocycles. The number of fused-ring (bicyclic) bond motifs is 1. The maximum atomic E-state index is 5.67. The molecule has 0 aliphatic carbocycles. The Labute approximate surface area is 81.9 Å². The molecule has 0 saturated heterocycles. The quantitative estimate of drug-likeness (QED) is 0.752. The van der Waals surface area contributed by atoms with E-state index in [1.165, 1.54) is 0 Å². The van der Waals surface area contributed by atoms with E-state index in [0.717, 1.165) is 18.6 Å². The van der Waals surface area contributed by atoms with Gasteiger partial charge in [-0.2, -0.15) is 0 Å². The Morgan fingerprint density at radius 1 is 1.43 bits per heavy atom. The molecule has 2 rings (SSSR count). The van der Waals surface area contributed by atoms with Crippen molar-refractivity contribution < 1.29 is 0 Å². The highest BCUT2D eigenvalue weighted by Crippen LogP contribution is 2.09. The summed E-state index contributed by atoms with van der Waals surface area (Å²) in [4.78, 5) is 5.80. The van der Waals surface area contributed by atoms with Gasteiger partial charge in [0.2, 0.25) is 0 Å². The van der Waals surface area contributed by atoms with Crippen molar-refractivity contribution in [2.24, 2.45) is 0 Å². The lowest BCUT2D eigenvalue weighted by molar-refractivity contribution is 0.467. The largest absolute Gasteiger partial charge is 0.382 e. The first-order chi connectivity index (χ1) is 6.77. The molecule has 6 nitrogen and oxygen atoms in total. The Morgan fingerprint density at radius 3 is 2.79 bits per heavy atom. The molecule has 76 valence electrons. The van der Waals surface area contributed by atoms with Gasteiger partial charge in [-0.15, -0.1) is 10.0 Å². The highest BCUT2D eigenvalue weighted by molar-refractivity contribution is 5.63. The Bertz CT molecular complexity index is 424. The summed E-state index contributed by atoms with van der Waals surface area (Å²) in [6, 6.07) is 0. The van der Waals surface area contributed by atoms with Gasteiger partial charge in [0.25, 0.3) is 0 Å². The molecule has 0 atom stereocenters. The maximum Gasteiger partial charge on any atom is 0.153 e. The minimum atomic E-state index is 0.517. The third-order valence-corrected chi connectivity index (χ3v) is 2.27. The van der Waals surface area contributed by atoms with E-state index in [9.17, 15) is 0 Å². The van der Waals surface area contributed by atoms with Gasteiger partial charge in [-0.25, -0.2) is 9.50 Å². The van der Waals surface area contributed by atoms with Crippen molar-refractivity contribution in [3.63, 3.8) is 0 Å². The van der Waals surface area contributed by atoms with Crippen LogP contribution in [-0.4, -0.2) is 32.6 Å². The highest BCUT2D eigenvalue weighted by Gasteiger charge is 2.09. The summed E-state index contributed by atoms with van der Waals surface area (Å²) in [6.07, 6.45) is 3.40. The molecule has 14 heavy (non-hydrogen) atoms. The van der Waals surface area contributed by atoms with E-state index in [1.54, 1.807) is 17.4 Å². The number of nitrogen functional groups attached to an aromatic ring is 1. The summed E-state index contributed by atoms with van der Waals surface area (Å²) in [6.45, 7) is 5.95. The molecular formula is C8H14N6. The van der Waals surface area contributed by atoms with Gasteiger partial charge in [-0.05, 0) is 13.8 Å². The van der Waals surface area contributed by atoms with Gasteiger partial charge >= 0.3 is 0 Å². The highest BCUT2D eigenvalue weighted by atomic mass is 15.8. The molecule has 0 saturated carbocycles. The van der Waals surface area contributed by atoms with Crippen LogP contribution in [0.25, 0.3) is 5.52 Å². The molecule has 6 heteroatoms.